The van der Waals surface area contributed by atoms with E-state index in [1.807, 2.05) is 0 Å². The van der Waals surface area contributed by atoms with Crippen molar-refractivity contribution < 1.29 is 31.4 Å². The third kappa shape index (κ3) is 5.03. The van der Waals surface area contributed by atoms with E-state index >= 15 is 0 Å². The largest absolute Gasteiger partial charge is 0.573 e. The van der Waals surface area contributed by atoms with Gasteiger partial charge in [-0.1, -0.05) is 0 Å². The molecule has 0 saturated carbocycles. The van der Waals surface area contributed by atoms with Crippen molar-refractivity contribution in [3.63, 3.8) is 0 Å². The second-order valence-electron chi connectivity index (χ2n) is 6.50. The molecule has 0 aliphatic rings. The summed E-state index contributed by atoms with van der Waals surface area (Å²) in [4.78, 5) is 16.8. The Morgan fingerprint density at radius 1 is 1.19 bits per heavy atom. The number of hydrogen-bond donors (Lipinski definition) is 3. The van der Waals surface area contributed by atoms with Crippen molar-refractivity contribution in [1.82, 2.24) is 18.8 Å². The number of aromatic nitrogens is 3. The first-order chi connectivity index (χ1) is 14.9. The highest BCUT2D eigenvalue weighted by Gasteiger charge is 2.31. The molecule has 10 nitrogen and oxygen atoms in total. The van der Waals surface area contributed by atoms with Crippen molar-refractivity contribution in [1.29, 1.82) is 0 Å². The van der Waals surface area contributed by atoms with Crippen molar-refractivity contribution >= 4 is 15.9 Å². The number of benzene rings is 1. The number of imidazole rings is 1. The highest BCUT2D eigenvalue weighted by atomic mass is 32.2. The minimum absolute atomic E-state index is 0.106. The topological polar surface area (TPSA) is 127 Å². The molecular weight excluding hydrogens is 455 g/mol. The van der Waals surface area contributed by atoms with E-state index in [0.717, 1.165) is 16.7 Å². The Morgan fingerprint density at radius 3 is 2.44 bits per heavy atom. The third-order valence-corrected chi connectivity index (χ3v) is 5.47. The summed E-state index contributed by atoms with van der Waals surface area (Å²) in [6, 6.07) is 5.89. The summed E-state index contributed by atoms with van der Waals surface area (Å²) >= 11 is 0. The molecule has 172 valence electrons. The van der Waals surface area contributed by atoms with E-state index in [1.165, 1.54) is 49.1 Å². The van der Waals surface area contributed by atoms with E-state index in [2.05, 4.69) is 19.2 Å². The summed E-state index contributed by atoms with van der Waals surface area (Å²) in [5.41, 5.74) is 0.0763. The Hall–Kier alpha value is -3.52. The van der Waals surface area contributed by atoms with Crippen LogP contribution in [0.25, 0.3) is 5.69 Å². The molecule has 1 aromatic carbocycles. The lowest BCUT2D eigenvalue weighted by Crippen LogP contribution is -2.28. The number of ether oxygens (including phenoxy) is 1. The number of alkyl halides is 3. The van der Waals surface area contributed by atoms with Gasteiger partial charge < -0.3 is 9.84 Å². The second-order valence-corrected chi connectivity index (χ2v) is 8.12. The summed E-state index contributed by atoms with van der Waals surface area (Å²) in [6.45, 7) is 1.34. The number of aromatic hydroxyl groups is 1. The maximum atomic E-state index is 13.0. The molecule has 32 heavy (non-hydrogen) atoms. The van der Waals surface area contributed by atoms with Crippen LogP contribution < -0.4 is 19.9 Å². The van der Waals surface area contributed by atoms with Crippen LogP contribution in [0.2, 0.25) is 0 Å². The first-order valence-corrected chi connectivity index (χ1v) is 10.4. The normalized spacial score (nSPS) is 12.0. The van der Waals surface area contributed by atoms with Crippen LogP contribution in [-0.2, 0) is 16.8 Å². The number of rotatable bonds is 7. The first-order valence-electron chi connectivity index (χ1n) is 8.93. The Morgan fingerprint density at radius 2 is 1.84 bits per heavy atom. The first kappa shape index (κ1) is 23.1. The van der Waals surface area contributed by atoms with Crippen LogP contribution in [-0.4, -0.2) is 41.1 Å². The van der Waals surface area contributed by atoms with Gasteiger partial charge in [0.2, 0.25) is 5.88 Å². The number of anilines is 1. The molecule has 2 aromatic heterocycles. The fourth-order valence-corrected chi connectivity index (χ4v) is 3.45. The van der Waals surface area contributed by atoms with E-state index in [9.17, 15) is 31.5 Å². The van der Waals surface area contributed by atoms with Crippen LogP contribution in [0.15, 0.2) is 47.5 Å². The standard InChI is InChI=1S/C18H18F3N5O5S/c1-11-16(27)26(13-3-5-14(6-4-13)31-18(19,20)21)17(28)25(11)10-12-7-8-23-9-15(12)24-32(29,30)22-2/h3-9,22,24,27H,10H2,1-2H3. The molecule has 0 aliphatic heterocycles. The predicted octanol–water partition coefficient (Wildman–Crippen LogP) is 1.87. The molecular formula is C18H18F3N5O5S. The Bertz CT molecular complexity index is 1280. The molecule has 0 unspecified atom stereocenters. The van der Waals surface area contributed by atoms with Crippen molar-refractivity contribution in [2.45, 2.75) is 19.8 Å². The minimum Gasteiger partial charge on any atom is -0.493 e. The van der Waals surface area contributed by atoms with Gasteiger partial charge in [-0.15, -0.1) is 13.2 Å². The van der Waals surface area contributed by atoms with Gasteiger partial charge in [-0.2, -0.15) is 8.42 Å². The van der Waals surface area contributed by atoms with Crippen LogP contribution in [0.1, 0.15) is 11.3 Å². The van der Waals surface area contributed by atoms with Gasteiger partial charge in [0.15, 0.2) is 0 Å². The fraction of sp³-hybridized carbons (Fsp3) is 0.222. The van der Waals surface area contributed by atoms with Gasteiger partial charge >= 0.3 is 12.1 Å². The molecule has 0 aliphatic carbocycles. The molecule has 0 saturated heterocycles. The van der Waals surface area contributed by atoms with Crippen LogP contribution in [0, 0.1) is 6.92 Å². The molecule has 0 spiro atoms. The van der Waals surface area contributed by atoms with Crippen LogP contribution in [0.5, 0.6) is 11.6 Å². The molecule has 0 amide bonds. The van der Waals surface area contributed by atoms with Gasteiger partial charge in [-0.3, -0.25) is 14.3 Å². The van der Waals surface area contributed by atoms with Crippen molar-refractivity contribution in [2.75, 3.05) is 11.8 Å². The second kappa shape index (κ2) is 8.55. The lowest BCUT2D eigenvalue weighted by molar-refractivity contribution is -0.274. The quantitative estimate of drug-likeness (QED) is 0.481. The summed E-state index contributed by atoms with van der Waals surface area (Å²) in [5, 5.41) is 10.5. The van der Waals surface area contributed by atoms with Crippen molar-refractivity contribution in [2.24, 2.45) is 0 Å². The SMILES string of the molecule is CNS(=O)(=O)Nc1cnccc1Cn1c(C)c(O)n(-c2ccc(OC(F)(F)F)cc2)c1=O. The Balaban J connectivity index is 1.98. The molecule has 14 heteroatoms. The zero-order valence-corrected chi connectivity index (χ0v) is 17.5. The maximum Gasteiger partial charge on any atom is 0.573 e. The monoisotopic (exact) mass is 473 g/mol. The van der Waals surface area contributed by atoms with Crippen molar-refractivity contribution in [3.05, 3.63) is 64.5 Å². The van der Waals surface area contributed by atoms with Crippen LogP contribution in [0.3, 0.4) is 0 Å². The molecule has 0 bridgehead atoms. The van der Waals surface area contributed by atoms with Gasteiger partial charge in [0.1, 0.15) is 5.75 Å². The van der Waals surface area contributed by atoms with Crippen LogP contribution in [0.4, 0.5) is 18.9 Å². The van der Waals surface area contributed by atoms with Crippen LogP contribution >= 0.6 is 0 Å². The molecule has 3 rings (SSSR count). The summed E-state index contributed by atoms with van der Waals surface area (Å²) in [7, 11) is -2.63. The highest BCUT2D eigenvalue weighted by Crippen LogP contribution is 2.26. The van der Waals surface area contributed by atoms with E-state index in [-0.39, 0.29) is 23.6 Å². The molecule has 0 radical (unpaired) electrons. The summed E-state index contributed by atoms with van der Waals surface area (Å²) in [5.74, 6) is -0.908. The lowest BCUT2D eigenvalue weighted by Gasteiger charge is -2.12. The number of hydrogen-bond acceptors (Lipinski definition) is 6. The predicted molar refractivity (Wildman–Crippen MR) is 108 cm³/mol. The van der Waals surface area contributed by atoms with Gasteiger partial charge in [0, 0.05) is 13.2 Å². The van der Waals surface area contributed by atoms with E-state index in [4.69, 9.17) is 0 Å². The molecule has 3 aromatic rings. The summed E-state index contributed by atoms with van der Waals surface area (Å²) < 4.78 is 70.9. The fourth-order valence-electron chi connectivity index (χ4n) is 2.87. The molecule has 3 N–H and O–H groups in total. The molecule has 2 heterocycles. The van der Waals surface area contributed by atoms with E-state index in [0.29, 0.717) is 5.56 Å². The maximum absolute atomic E-state index is 13.0. The van der Waals surface area contributed by atoms with Gasteiger partial charge in [-0.25, -0.2) is 14.1 Å². The van der Waals surface area contributed by atoms with Gasteiger partial charge in [0.25, 0.3) is 10.2 Å². The number of nitrogens with zero attached hydrogens (tertiary/aromatic N) is 3. The molecule has 0 fully saturated rings. The smallest absolute Gasteiger partial charge is 0.493 e. The third-order valence-electron chi connectivity index (χ3n) is 4.44. The number of pyridine rings is 1. The zero-order chi connectivity index (χ0) is 23.7. The average Bonchev–Trinajstić information content (AvgIpc) is 2.92. The lowest BCUT2D eigenvalue weighted by atomic mass is 10.2. The van der Waals surface area contributed by atoms with E-state index in [1.54, 1.807) is 0 Å². The summed E-state index contributed by atoms with van der Waals surface area (Å²) in [6.07, 6.45) is -2.19. The molecule has 0 atom stereocenters. The Kier molecular flexibility index (Phi) is 6.18. The minimum atomic E-state index is -4.86. The number of nitrogens with one attached hydrogen (secondary N) is 2. The zero-order valence-electron chi connectivity index (χ0n) is 16.7. The van der Waals surface area contributed by atoms with Gasteiger partial charge in [0.05, 0.1) is 29.8 Å². The van der Waals surface area contributed by atoms with Crippen molar-refractivity contribution in [3.8, 4) is 17.3 Å². The van der Waals surface area contributed by atoms with Gasteiger partial charge in [-0.05, 0) is 42.8 Å². The van der Waals surface area contributed by atoms with E-state index < -0.39 is 33.9 Å². The average molecular weight is 473 g/mol. The number of halogens is 3. The highest BCUT2D eigenvalue weighted by molar-refractivity contribution is 7.90. The Labute approximate surface area is 180 Å².